The number of carbonyl (C=O) groups excluding carboxylic acids is 1. The van der Waals surface area contributed by atoms with Crippen LogP contribution in [-0.2, 0) is 9.53 Å². The quantitative estimate of drug-likeness (QED) is 0.526. The number of rotatable bonds is 5. The molecular formula is C22H21N5O2. The average Bonchev–Trinajstić information content (AvgIpc) is 3.16. The van der Waals surface area contributed by atoms with Crippen LogP contribution in [0, 0.1) is 13.8 Å². The summed E-state index contributed by atoms with van der Waals surface area (Å²) in [7, 11) is 1.37. The van der Waals surface area contributed by atoms with Crippen LogP contribution in [0.25, 0.3) is 17.2 Å². The lowest BCUT2D eigenvalue weighted by Crippen LogP contribution is -2.23. The molecule has 29 heavy (non-hydrogen) atoms. The Hall–Kier alpha value is -3.74. The van der Waals surface area contributed by atoms with E-state index in [1.54, 1.807) is 4.52 Å². The summed E-state index contributed by atoms with van der Waals surface area (Å²) in [5.74, 6) is 1.26. The maximum atomic E-state index is 12.5. The van der Waals surface area contributed by atoms with Crippen molar-refractivity contribution in [3.05, 3.63) is 77.5 Å². The van der Waals surface area contributed by atoms with Crippen LogP contribution in [0.2, 0.25) is 0 Å². The maximum absolute atomic E-state index is 12.5. The molecule has 4 aromatic rings. The molecule has 0 aliphatic rings. The largest absolute Gasteiger partial charge is 0.467 e. The van der Waals surface area contributed by atoms with E-state index in [0.717, 1.165) is 22.4 Å². The van der Waals surface area contributed by atoms with Gasteiger partial charge in [-0.25, -0.2) is 9.78 Å². The molecule has 0 radical (unpaired) electrons. The van der Waals surface area contributed by atoms with Gasteiger partial charge in [0.25, 0.3) is 5.78 Å². The molecule has 0 bridgehead atoms. The number of hydrogen-bond acceptors (Lipinski definition) is 6. The number of carbonyl (C=O) groups is 1. The summed E-state index contributed by atoms with van der Waals surface area (Å²) in [5.41, 5.74) is 3.57. The summed E-state index contributed by atoms with van der Waals surface area (Å²) < 4.78 is 6.63. The number of aryl methyl sites for hydroxylation is 2. The van der Waals surface area contributed by atoms with Crippen LogP contribution >= 0.6 is 0 Å². The molecule has 2 aromatic carbocycles. The summed E-state index contributed by atoms with van der Waals surface area (Å²) in [5, 5.41) is 7.90. The van der Waals surface area contributed by atoms with E-state index in [0.29, 0.717) is 17.4 Å². The molecule has 0 amide bonds. The summed E-state index contributed by atoms with van der Waals surface area (Å²) in [4.78, 5) is 21.5. The van der Waals surface area contributed by atoms with Crippen molar-refractivity contribution >= 4 is 17.6 Å². The number of esters is 1. The molecule has 1 N–H and O–H groups in total. The number of anilines is 1. The van der Waals surface area contributed by atoms with Crippen LogP contribution in [0.5, 0.6) is 0 Å². The average molecular weight is 387 g/mol. The third-order valence-corrected chi connectivity index (χ3v) is 4.69. The lowest BCUT2D eigenvalue weighted by Gasteiger charge is -2.18. The number of nitrogens with one attached hydrogen (secondary N) is 1. The second kappa shape index (κ2) is 7.71. The zero-order valence-electron chi connectivity index (χ0n) is 16.5. The van der Waals surface area contributed by atoms with E-state index in [9.17, 15) is 4.79 Å². The molecular weight excluding hydrogens is 366 g/mol. The van der Waals surface area contributed by atoms with Gasteiger partial charge >= 0.3 is 5.97 Å². The predicted molar refractivity (Wildman–Crippen MR) is 111 cm³/mol. The van der Waals surface area contributed by atoms with Crippen LogP contribution in [0.1, 0.15) is 22.9 Å². The first-order chi connectivity index (χ1) is 14.1. The Morgan fingerprint density at radius 1 is 1.03 bits per heavy atom. The van der Waals surface area contributed by atoms with Crippen molar-refractivity contribution in [3.63, 3.8) is 0 Å². The van der Waals surface area contributed by atoms with Crippen molar-refractivity contribution < 1.29 is 9.53 Å². The van der Waals surface area contributed by atoms with Gasteiger partial charge in [0.05, 0.1) is 7.11 Å². The number of methoxy groups -OCH3 is 1. The molecule has 4 rings (SSSR count). The molecule has 0 saturated carbocycles. The summed E-state index contributed by atoms with van der Waals surface area (Å²) in [6.45, 7) is 3.89. The number of ether oxygens (including phenoxy) is 1. The van der Waals surface area contributed by atoms with E-state index < -0.39 is 12.0 Å². The number of benzene rings is 2. The first kappa shape index (κ1) is 18.6. The van der Waals surface area contributed by atoms with Crippen molar-refractivity contribution in [1.82, 2.24) is 19.6 Å². The fraction of sp³-hybridized carbons (Fsp3) is 0.182. The fourth-order valence-electron chi connectivity index (χ4n) is 3.22. The zero-order chi connectivity index (χ0) is 20.4. The Morgan fingerprint density at radius 2 is 1.76 bits per heavy atom. The van der Waals surface area contributed by atoms with Crippen molar-refractivity contribution in [3.8, 4) is 11.4 Å². The Balaban J connectivity index is 1.80. The van der Waals surface area contributed by atoms with Crippen LogP contribution in [0.15, 0.2) is 60.7 Å². The summed E-state index contributed by atoms with van der Waals surface area (Å²) >= 11 is 0. The van der Waals surface area contributed by atoms with Gasteiger partial charge in [-0.05, 0) is 25.0 Å². The van der Waals surface area contributed by atoms with E-state index in [-0.39, 0.29) is 0 Å². The van der Waals surface area contributed by atoms with Gasteiger partial charge in [-0.1, -0.05) is 54.6 Å². The number of fused-ring (bicyclic) bond motifs is 1. The van der Waals surface area contributed by atoms with E-state index in [2.05, 4.69) is 20.4 Å². The van der Waals surface area contributed by atoms with E-state index in [1.165, 1.54) is 7.11 Å². The first-order valence-corrected chi connectivity index (χ1v) is 9.26. The lowest BCUT2D eigenvalue weighted by atomic mass is 10.1. The highest BCUT2D eigenvalue weighted by molar-refractivity contribution is 5.80. The minimum atomic E-state index is -0.683. The van der Waals surface area contributed by atoms with Gasteiger partial charge in [0, 0.05) is 17.3 Å². The topological polar surface area (TPSA) is 81.4 Å². The molecule has 7 nitrogen and oxygen atoms in total. The fourth-order valence-corrected chi connectivity index (χ4v) is 3.22. The molecule has 0 aliphatic carbocycles. The SMILES string of the molecule is COC(=O)[C@@H](Nc1cc(C)nc2nc(-c3ccccc3C)nn12)c1ccccc1. The highest BCUT2D eigenvalue weighted by Gasteiger charge is 2.23. The maximum Gasteiger partial charge on any atom is 0.333 e. The van der Waals surface area contributed by atoms with Crippen molar-refractivity contribution in [2.45, 2.75) is 19.9 Å². The third-order valence-electron chi connectivity index (χ3n) is 4.69. The van der Waals surface area contributed by atoms with Crippen LogP contribution in [0.3, 0.4) is 0 Å². The van der Waals surface area contributed by atoms with Gasteiger partial charge in [0.15, 0.2) is 11.9 Å². The zero-order valence-corrected chi connectivity index (χ0v) is 16.5. The second-order valence-corrected chi connectivity index (χ2v) is 6.76. The monoisotopic (exact) mass is 387 g/mol. The second-order valence-electron chi connectivity index (χ2n) is 6.76. The van der Waals surface area contributed by atoms with E-state index in [1.807, 2.05) is 74.5 Å². The van der Waals surface area contributed by atoms with Crippen LogP contribution in [-0.4, -0.2) is 32.7 Å². The Bertz CT molecular complexity index is 1170. The van der Waals surface area contributed by atoms with Gasteiger partial charge < -0.3 is 10.1 Å². The van der Waals surface area contributed by atoms with Crippen molar-refractivity contribution in [2.75, 3.05) is 12.4 Å². The Kier molecular flexibility index (Phi) is 4.95. The highest BCUT2D eigenvalue weighted by Crippen LogP contribution is 2.24. The normalized spacial score (nSPS) is 12.0. The number of nitrogens with zero attached hydrogens (tertiary/aromatic N) is 4. The first-order valence-electron chi connectivity index (χ1n) is 9.26. The molecule has 0 fully saturated rings. The smallest absolute Gasteiger partial charge is 0.333 e. The van der Waals surface area contributed by atoms with E-state index >= 15 is 0 Å². The number of hydrogen-bond donors (Lipinski definition) is 1. The van der Waals surface area contributed by atoms with Gasteiger partial charge in [-0.15, -0.1) is 5.10 Å². The minimum Gasteiger partial charge on any atom is -0.467 e. The minimum absolute atomic E-state index is 0.391. The molecule has 1 atom stereocenters. The number of aromatic nitrogens is 4. The molecule has 7 heteroatoms. The van der Waals surface area contributed by atoms with Gasteiger partial charge in [-0.2, -0.15) is 9.50 Å². The van der Waals surface area contributed by atoms with Crippen molar-refractivity contribution in [2.24, 2.45) is 0 Å². The molecule has 2 aromatic heterocycles. The van der Waals surface area contributed by atoms with Crippen molar-refractivity contribution in [1.29, 1.82) is 0 Å². The van der Waals surface area contributed by atoms with Crippen LogP contribution < -0.4 is 5.32 Å². The summed E-state index contributed by atoms with van der Waals surface area (Å²) in [6.07, 6.45) is 0. The molecule has 0 spiro atoms. The molecule has 0 aliphatic heterocycles. The molecule has 0 saturated heterocycles. The third kappa shape index (κ3) is 3.67. The van der Waals surface area contributed by atoms with Gasteiger partial charge in [0.2, 0.25) is 0 Å². The predicted octanol–water partition coefficient (Wildman–Crippen LogP) is 3.73. The Labute approximate surface area is 168 Å². The Morgan fingerprint density at radius 3 is 2.48 bits per heavy atom. The van der Waals surface area contributed by atoms with Gasteiger partial charge in [0.1, 0.15) is 5.82 Å². The standard InChI is InChI=1S/C22H21N5O2/c1-14-9-7-8-12-17(14)20-25-22-23-15(2)13-18(27(22)26-20)24-19(21(28)29-3)16-10-5-4-6-11-16/h4-13,19,24H,1-3H3/t19-/m0/s1. The van der Waals surface area contributed by atoms with Gasteiger partial charge in [-0.3, -0.25) is 0 Å². The van der Waals surface area contributed by atoms with Crippen LogP contribution in [0.4, 0.5) is 5.82 Å². The van der Waals surface area contributed by atoms with E-state index in [4.69, 9.17) is 4.74 Å². The highest BCUT2D eigenvalue weighted by atomic mass is 16.5. The molecule has 0 unspecified atom stereocenters. The summed E-state index contributed by atoms with van der Waals surface area (Å²) in [6, 6.07) is 18.5. The molecule has 146 valence electrons. The molecule has 2 heterocycles. The lowest BCUT2D eigenvalue weighted by molar-refractivity contribution is -0.141.